The van der Waals surface area contributed by atoms with Crippen molar-refractivity contribution in [2.75, 3.05) is 34.3 Å². The van der Waals surface area contributed by atoms with Crippen LogP contribution in [0.2, 0.25) is 0 Å². The molecule has 1 fully saturated rings. The van der Waals surface area contributed by atoms with Gasteiger partial charge < -0.3 is 19.6 Å². The van der Waals surface area contributed by atoms with Gasteiger partial charge in [-0.05, 0) is 0 Å². The van der Waals surface area contributed by atoms with E-state index in [9.17, 15) is 9.59 Å². The Morgan fingerprint density at radius 1 is 1.44 bits per heavy atom. The van der Waals surface area contributed by atoms with Crippen LogP contribution in [0.15, 0.2) is 11.8 Å². The Hall–Kier alpha value is -1.72. The molecule has 0 bridgehead atoms. The molecule has 1 rings (SSSR count). The second kappa shape index (κ2) is 4.87. The lowest BCUT2D eigenvalue weighted by Crippen LogP contribution is -2.51. The van der Waals surface area contributed by atoms with Crippen LogP contribution >= 0.6 is 0 Å². The number of hydrogen-bond acceptors (Lipinski definition) is 4. The highest BCUT2D eigenvalue weighted by Gasteiger charge is 2.36. The summed E-state index contributed by atoms with van der Waals surface area (Å²) in [5.74, 6) is -0.463. The lowest BCUT2D eigenvalue weighted by molar-refractivity contribution is -0.137. The van der Waals surface area contributed by atoms with Gasteiger partial charge >= 0.3 is 12.1 Å². The average molecular weight is 228 g/mol. The number of ether oxygens (including phenoxy) is 1. The largest absolute Gasteiger partial charge is 0.466 e. The molecule has 1 aliphatic heterocycles. The van der Waals surface area contributed by atoms with Crippen LogP contribution in [0.1, 0.15) is 0 Å². The summed E-state index contributed by atoms with van der Waals surface area (Å²) in [6.07, 6.45) is 0.723. The van der Waals surface area contributed by atoms with Crippen LogP contribution in [0.3, 0.4) is 0 Å². The summed E-state index contributed by atoms with van der Waals surface area (Å²) >= 11 is 0. The second-order valence-electron chi connectivity index (χ2n) is 3.92. The maximum absolute atomic E-state index is 11.5. The minimum atomic E-state index is -0.953. The van der Waals surface area contributed by atoms with Crippen molar-refractivity contribution in [3.8, 4) is 0 Å². The Kier molecular flexibility index (Phi) is 3.76. The number of amides is 1. The van der Waals surface area contributed by atoms with Crippen LogP contribution in [0.25, 0.3) is 0 Å². The zero-order chi connectivity index (χ0) is 12.3. The normalized spacial score (nSPS) is 16.7. The summed E-state index contributed by atoms with van der Waals surface area (Å²) in [6.45, 7) is 0.703. The quantitative estimate of drug-likeness (QED) is 0.552. The molecule has 0 spiro atoms. The monoisotopic (exact) mass is 228 g/mol. The standard InChI is InChI=1S/C10H16N2O4/c1-11(2)6-8(9(13)16-3)7-4-12(5-7)10(14)15/h6-7H,4-5H2,1-3H3,(H,14,15)/b8-6-. The molecular formula is C10H16N2O4. The van der Waals surface area contributed by atoms with Crippen molar-refractivity contribution in [2.45, 2.75) is 0 Å². The molecule has 0 unspecified atom stereocenters. The third-order valence-electron chi connectivity index (χ3n) is 2.41. The number of carboxylic acid groups (broad SMARTS) is 1. The first kappa shape index (κ1) is 12.4. The van der Waals surface area contributed by atoms with Crippen LogP contribution in [0.5, 0.6) is 0 Å². The second-order valence-corrected chi connectivity index (χ2v) is 3.92. The van der Waals surface area contributed by atoms with Crippen molar-refractivity contribution in [1.82, 2.24) is 9.80 Å². The topological polar surface area (TPSA) is 70.1 Å². The Morgan fingerprint density at radius 2 is 2.00 bits per heavy atom. The van der Waals surface area contributed by atoms with Gasteiger partial charge in [-0.3, -0.25) is 0 Å². The fraction of sp³-hybridized carbons (Fsp3) is 0.600. The molecule has 0 atom stereocenters. The molecule has 0 aromatic heterocycles. The minimum Gasteiger partial charge on any atom is -0.466 e. The molecule has 1 saturated heterocycles. The SMILES string of the molecule is COC(=O)/C(=C\N(C)C)C1CN(C(=O)O)C1. The van der Waals surface area contributed by atoms with Crippen LogP contribution in [-0.4, -0.2) is 61.3 Å². The van der Waals surface area contributed by atoms with Crippen molar-refractivity contribution in [1.29, 1.82) is 0 Å². The lowest BCUT2D eigenvalue weighted by Gasteiger charge is -2.37. The first-order chi connectivity index (χ1) is 7.45. The van der Waals surface area contributed by atoms with Crippen LogP contribution < -0.4 is 0 Å². The van der Waals surface area contributed by atoms with Crippen molar-refractivity contribution >= 4 is 12.1 Å². The van der Waals surface area contributed by atoms with Gasteiger partial charge in [0.05, 0.1) is 12.7 Å². The van der Waals surface area contributed by atoms with Crippen molar-refractivity contribution < 1.29 is 19.4 Å². The smallest absolute Gasteiger partial charge is 0.407 e. The molecule has 0 aromatic rings. The van der Waals surface area contributed by atoms with Gasteiger partial charge in [-0.1, -0.05) is 0 Å². The molecule has 0 aromatic carbocycles. The average Bonchev–Trinajstić information content (AvgIpc) is 2.11. The van der Waals surface area contributed by atoms with Gasteiger partial charge in [0.15, 0.2) is 0 Å². The number of likely N-dealkylation sites (tertiary alicyclic amines) is 1. The molecule has 0 saturated carbocycles. The Bertz CT molecular complexity index is 319. The highest BCUT2D eigenvalue weighted by Crippen LogP contribution is 2.24. The number of hydrogen-bond donors (Lipinski definition) is 1. The molecule has 0 radical (unpaired) electrons. The minimum absolute atomic E-state index is 0.0639. The van der Waals surface area contributed by atoms with E-state index < -0.39 is 12.1 Å². The molecular weight excluding hydrogens is 212 g/mol. The summed E-state index contributed by atoms with van der Waals surface area (Å²) in [4.78, 5) is 25.1. The van der Waals surface area contributed by atoms with E-state index in [-0.39, 0.29) is 5.92 Å². The number of carbonyl (C=O) groups excluding carboxylic acids is 1. The van der Waals surface area contributed by atoms with E-state index >= 15 is 0 Å². The van der Waals surface area contributed by atoms with Gasteiger partial charge in [-0.2, -0.15) is 0 Å². The van der Waals surface area contributed by atoms with Gasteiger partial charge in [0, 0.05) is 39.3 Å². The van der Waals surface area contributed by atoms with Gasteiger partial charge in [-0.25, -0.2) is 9.59 Å². The van der Waals surface area contributed by atoms with Crippen molar-refractivity contribution in [3.05, 3.63) is 11.8 Å². The van der Waals surface area contributed by atoms with E-state index in [0.29, 0.717) is 18.7 Å². The van der Waals surface area contributed by atoms with Gasteiger partial charge in [-0.15, -0.1) is 0 Å². The van der Waals surface area contributed by atoms with Gasteiger partial charge in [0.2, 0.25) is 0 Å². The predicted molar refractivity (Wildman–Crippen MR) is 56.9 cm³/mol. The molecule has 1 N–H and O–H groups in total. The molecule has 6 heteroatoms. The van der Waals surface area contributed by atoms with E-state index in [2.05, 4.69) is 4.74 Å². The maximum Gasteiger partial charge on any atom is 0.407 e. The number of carbonyl (C=O) groups is 2. The maximum atomic E-state index is 11.5. The third-order valence-corrected chi connectivity index (χ3v) is 2.41. The highest BCUT2D eigenvalue weighted by atomic mass is 16.5. The van der Waals surface area contributed by atoms with Gasteiger partial charge in [0.25, 0.3) is 0 Å². The Morgan fingerprint density at radius 3 is 2.38 bits per heavy atom. The van der Waals surface area contributed by atoms with Crippen molar-refractivity contribution in [2.24, 2.45) is 5.92 Å². The lowest BCUT2D eigenvalue weighted by atomic mass is 9.92. The molecule has 1 amide bonds. The van der Waals surface area contributed by atoms with E-state index in [1.807, 2.05) is 0 Å². The first-order valence-electron chi connectivity index (χ1n) is 4.90. The summed E-state index contributed by atoms with van der Waals surface area (Å²) in [7, 11) is 4.92. The molecule has 90 valence electrons. The summed E-state index contributed by atoms with van der Waals surface area (Å²) < 4.78 is 4.67. The number of rotatable bonds is 3. The Balaban J connectivity index is 2.67. The Labute approximate surface area is 94.1 Å². The molecule has 0 aliphatic carbocycles. The van der Waals surface area contributed by atoms with Crippen molar-refractivity contribution in [3.63, 3.8) is 0 Å². The molecule has 6 nitrogen and oxygen atoms in total. The van der Waals surface area contributed by atoms with Crippen LogP contribution in [0.4, 0.5) is 4.79 Å². The van der Waals surface area contributed by atoms with E-state index in [0.717, 1.165) is 0 Å². The van der Waals surface area contributed by atoms with E-state index in [1.165, 1.54) is 12.0 Å². The predicted octanol–water partition coefficient (Wildman–Crippen LogP) is 0.215. The summed E-state index contributed by atoms with van der Waals surface area (Å²) in [5.41, 5.74) is 0.519. The number of esters is 1. The number of methoxy groups -OCH3 is 1. The molecule has 1 heterocycles. The van der Waals surface area contributed by atoms with Crippen LogP contribution in [-0.2, 0) is 9.53 Å². The zero-order valence-corrected chi connectivity index (χ0v) is 9.64. The van der Waals surface area contributed by atoms with E-state index in [4.69, 9.17) is 5.11 Å². The first-order valence-corrected chi connectivity index (χ1v) is 4.90. The summed E-state index contributed by atoms with van der Waals surface area (Å²) in [6, 6.07) is 0. The zero-order valence-electron chi connectivity index (χ0n) is 9.64. The third kappa shape index (κ3) is 2.65. The summed E-state index contributed by atoms with van der Waals surface area (Å²) in [5, 5.41) is 8.69. The van der Waals surface area contributed by atoms with Gasteiger partial charge in [0.1, 0.15) is 0 Å². The fourth-order valence-electron chi connectivity index (χ4n) is 1.55. The fourth-order valence-corrected chi connectivity index (χ4v) is 1.55. The number of nitrogens with zero attached hydrogens (tertiary/aromatic N) is 2. The van der Waals surface area contributed by atoms with Crippen LogP contribution in [0, 0.1) is 5.92 Å². The van der Waals surface area contributed by atoms with E-state index in [1.54, 1.807) is 25.2 Å². The molecule has 1 aliphatic rings. The molecule has 16 heavy (non-hydrogen) atoms. The highest BCUT2D eigenvalue weighted by molar-refractivity contribution is 5.89.